The van der Waals surface area contributed by atoms with Crippen molar-refractivity contribution in [2.45, 2.75) is 18.9 Å². The molecule has 98 valence electrons. The van der Waals surface area contributed by atoms with Gasteiger partial charge in [0.15, 0.2) is 0 Å². The molecule has 0 fully saturated rings. The monoisotopic (exact) mass is 274 g/mol. The van der Waals surface area contributed by atoms with E-state index in [1.54, 1.807) is 0 Å². The van der Waals surface area contributed by atoms with Crippen LogP contribution < -0.4 is 11.1 Å². The highest BCUT2D eigenvalue weighted by Gasteiger charge is 2.16. The number of carbonyl (C=O) groups excluding carboxylic acids is 1. The van der Waals surface area contributed by atoms with Gasteiger partial charge in [-0.15, -0.1) is 0 Å². The van der Waals surface area contributed by atoms with Gasteiger partial charge in [0.25, 0.3) is 0 Å². The van der Waals surface area contributed by atoms with E-state index in [1.165, 1.54) is 12.1 Å². The Morgan fingerprint density at radius 3 is 2.72 bits per heavy atom. The lowest BCUT2D eigenvalue weighted by Gasteiger charge is -2.11. The molecular weight excluding hydrogens is 263 g/mol. The second-order valence-electron chi connectivity index (χ2n) is 3.65. The maximum absolute atomic E-state index is 13.4. The summed E-state index contributed by atoms with van der Waals surface area (Å²) in [5.74, 6) is -2.37. The Hall–Kier alpha value is -1.66. The first-order valence-corrected chi connectivity index (χ1v) is 5.51. The number of rotatable bonds is 5. The molecular formula is C11H12ClFN2O3. The van der Waals surface area contributed by atoms with Crippen LogP contribution in [0, 0.1) is 5.82 Å². The summed E-state index contributed by atoms with van der Waals surface area (Å²) in [6, 6.07) is 2.78. The first-order chi connectivity index (χ1) is 8.40. The van der Waals surface area contributed by atoms with Crippen LogP contribution in [0.5, 0.6) is 0 Å². The Balaban J connectivity index is 2.61. The third kappa shape index (κ3) is 4.31. The zero-order chi connectivity index (χ0) is 13.7. The minimum absolute atomic E-state index is 0.0175. The van der Waals surface area contributed by atoms with Gasteiger partial charge in [0.05, 0.1) is 11.7 Å². The molecule has 0 bridgehead atoms. The number of nitrogens with one attached hydrogen (secondary N) is 1. The average Bonchev–Trinajstić information content (AvgIpc) is 2.29. The highest BCUT2D eigenvalue weighted by Crippen LogP contribution is 2.19. The molecule has 1 aromatic carbocycles. The van der Waals surface area contributed by atoms with E-state index in [1.807, 2.05) is 0 Å². The molecule has 4 N–H and O–H groups in total. The number of halogens is 2. The van der Waals surface area contributed by atoms with Gasteiger partial charge in [-0.25, -0.2) is 4.39 Å². The van der Waals surface area contributed by atoms with Crippen molar-refractivity contribution < 1.29 is 19.1 Å². The van der Waals surface area contributed by atoms with Crippen molar-refractivity contribution in [1.82, 2.24) is 0 Å². The molecule has 0 saturated heterocycles. The van der Waals surface area contributed by atoms with Gasteiger partial charge >= 0.3 is 5.97 Å². The minimum atomic E-state index is -1.05. The van der Waals surface area contributed by atoms with Gasteiger partial charge in [-0.05, 0) is 24.6 Å². The smallest absolute Gasteiger partial charge is 0.303 e. The van der Waals surface area contributed by atoms with Crippen molar-refractivity contribution in [2.24, 2.45) is 5.73 Å². The standard InChI is InChI=1S/C11H12ClFN2O3/c12-6-1-3-9(7(13)5-6)15-11(18)8(14)2-4-10(16)17/h1,3,5,8H,2,4,14H2,(H,15,18)(H,16,17). The van der Waals surface area contributed by atoms with Crippen molar-refractivity contribution in [1.29, 1.82) is 0 Å². The van der Waals surface area contributed by atoms with Gasteiger partial charge in [0, 0.05) is 11.4 Å². The number of carboxylic acids is 1. The van der Waals surface area contributed by atoms with Crippen LogP contribution >= 0.6 is 11.6 Å². The summed E-state index contributed by atoms with van der Waals surface area (Å²) in [5, 5.41) is 10.9. The summed E-state index contributed by atoms with van der Waals surface area (Å²) < 4.78 is 13.4. The Morgan fingerprint density at radius 1 is 1.50 bits per heavy atom. The van der Waals surface area contributed by atoms with Gasteiger partial charge in [0.2, 0.25) is 5.91 Å². The Labute approximate surface area is 108 Å². The summed E-state index contributed by atoms with van der Waals surface area (Å²) in [4.78, 5) is 21.8. The SMILES string of the molecule is NC(CCC(=O)O)C(=O)Nc1ccc(Cl)cc1F. The largest absolute Gasteiger partial charge is 0.481 e. The van der Waals surface area contributed by atoms with E-state index in [9.17, 15) is 14.0 Å². The van der Waals surface area contributed by atoms with Crippen molar-refractivity contribution in [2.75, 3.05) is 5.32 Å². The van der Waals surface area contributed by atoms with Crippen LogP contribution in [0.2, 0.25) is 5.02 Å². The summed E-state index contributed by atoms with van der Waals surface area (Å²) in [6.45, 7) is 0. The van der Waals surface area contributed by atoms with Crippen molar-refractivity contribution in [3.63, 3.8) is 0 Å². The summed E-state index contributed by atoms with van der Waals surface area (Å²) in [7, 11) is 0. The second kappa shape index (κ2) is 6.32. The molecule has 0 saturated carbocycles. The van der Waals surface area contributed by atoms with E-state index >= 15 is 0 Å². The lowest BCUT2D eigenvalue weighted by Crippen LogP contribution is -2.36. The molecule has 1 rings (SSSR count). The number of hydrogen-bond donors (Lipinski definition) is 3. The molecule has 1 unspecified atom stereocenters. The number of carboxylic acid groups (broad SMARTS) is 1. The van der Waals surface area contributed by atoms with Gasteiger partial charge in [-0.2, -0.15) is 0 Å². The predicted octanol–water partition coefficient (Wildman–Crippen LogP) is 1.61. The van der Waals surface area contributed by atoms with Crippen molar-refractivity contribution in [3.05, 3.63) is 29.0 Å². The van der Waals surface area contributed by atoms with E-state index in [0.29, 0.717) is 0 Å². The minimum Gasteiger partial charge on any atom is -0.481 e. The Bertz CT molecular complexity index is 468. The molecule has 18 heavy (non-hydrogen) atoms. The lowest BCUT2D eigenvalue weighted by atomic mass is 10.1. The maximum atomic E-state index is 13.4. The summed E-state index contributed by atoms with van der Waals surface area (Å²) in [5.41, 5.74) is 5.42. The number of amides is 1. The molecule has 0 spiro atoms. The average molecular weight is 275 g/mol. The highest BCUT2D eigenvalue weighted by molar-refractivity contribution is 6.30. The van der Waals surface area contributed by atoms with E-state index in [2.05, 4.69) is 5.32 Å². The van der Waals surface area contributed by atoms with Crippen molar-refractivity contribution >= 4 is 29.2 Å². The molecule has 1 aromatic rings. The molecule has 0 aromatic heterocycles. The molecule has 0 aliphatic heterocycles. The van der Waals surface area contributed by atoms with E-state index < -0.39 is 23.7 Å². The third-order valence-electron chi connectivity index (χ3n) is 2.19. The normalized spacial score (nSPS) is 11.9. The molecule has 0 heterocycles. The molecule has 0 radical (unpaired) electrons. The molecule has 1 atom stereocenters. The number of aliphatic carboxylic acids is 1. The van der Waals surface area contributed by atoms with Crippen LogP contribution in [-0.2, 0) is 9.59 Å². The van der Waals surface area contributed by atoms with Crippen molar-refractivity contribution in [3.8, 4) is 0 Å². The van der Waals surface area contributed by atoms with Crippen LogP contribution in [0.25, 0.3) is 0 Å². The first kappa shape index (κ1) is 14.4. The van der Waals surface area contributed by atoms with Crippen LogP contribution in [-0.4, -0.2) is 23.0 Å². The lowest BCUT2D eigenvalue weighted by molar-refractivity contribution is -0.137. The Kier molecular flexibility index (Phi) is 5.06. The first-order valence-electron chi connectivity index (χ1n) is 5.13. The molecule has 1 amide bonds. The van der Waals surface area contributed by atoms with Crippen LogP contribution in [0.3, 0.4) is 0 Å². The topological polar surface area (TPSA) is 92.4 Å². The molecule has 7 heteroatoms. The van der Waals surface area contributed by atoms with E-state index in [-0.39, 0.29) is 23.6 Å². The molecule has 0 aliphatic carbocycles. The highest BCUT2D eigenvalue weighted by atomic mass is 35.5. The molecule has 0 aliphatic rings. The van der Waals surface area contributed by atoms with E-state index in [0.717, 1.165) is 6.07 Å². The number of anilines is 1. The quantitative estimate of drug-likeness (QED) is 0.760. The van der Waals surface area contributed by atoms with Gasteiger partial charge in [-0.3, -0.25) is 9.59 Å². The fourth-order valence-electron chi connectivity index (χ4n) is 1.23. The third-order valence-corrected chi connectivity index (χ3v) is 2.43. The number of carbonyl (C=O) groups is 2. The Morgan fingerprint density at radius 2 is 2.17 bits per heavy atom. The number of hydrogen-bond acceptors (Lipinski definition) is 3. The van der Waals surface area contributed by atoms with Crippen LogP contribution in [0.15, 0.2) is 18.2 Å². The zero-order valence-electron chi connectivity index (χ0n) is 9.32. The fourth-order valence-corrected chi connectivity index (χ4v) is 1.39. The summed E-state index contributed by atoms with van der Waals surface area (Å²) >= 11 is 5.56. The van der Waals surface area contributed by atoms with Gasteiger partial charge in [-0.1, -0.05) is 11.6 Å². The molecule has 5 nitrogen and oxygen atoms in total. The fraction of sp³-hybridized carbons (Fsp3) is 0.273. The van der Waals surface area contributed by atoms with Gasteiger partial charge in [0.1, 0.15) is 5.82 Å². The summed E-state index contributed by atoms with van der Waals surface area (Å²) in [6.07, 6.45) is -0.242. The second-order valence-corrected chi connectivity index (χ2v) is 4.09. The van der Waals surface area contributed by atoms with Crippen LogP contribution in [0.4, 0.5) is 10.1 Å². The maximum Gasteiger partial charge on any atom is 0.303 e. The number of benzene rings is 1. The van der Waals surface area contributed by atoms with E-state index in [4.69, 9.17) is 22.4 Å². The number of nitrogens with two attached hydrogens (primary N) is 1. The van der Waals surface area contributed by atoms with Crippen LogP contribution in [0.1, 0.15) is 12.8 Å². The zero-order valence-corrected chi connectivity index (χ0v) is 10.1. The van der Waals surface area contributed by atoms with Gasteiger partial charge < -0.3 is 16.2 Å². The predicted molar refractivity (Wildman–Crippen MR) is 64.9 cm³/mol.